The van der Waals surface area contributed by atoms with Crippen molar-refractivity contribution in [2.24, 2.45) is 0 Å². The normalized spacial score (nSPS) is 12.2. The lowest BCUT2D eigenvalue weighted by atomic mass is 10.0. The first kappa shape index (κ1) is 68.6. The summed E-state index contributed by atoms with van der Waals surface area (Å²) in [6.07, 6.45) is 73.3. The van der Waals surface area contributed by atoms with Crippen molar-refractivity contribution < 1.29 is 28.6 Å². The van der Waals surface area contributed by atoms with Crippen LogP contribution in [0.4, 0.5) is 0 Å². The van der Waals surface area contributed by atoms with Crippen LogP contribution in [0, 0.1) is 0 Å². The summed E-state index contributed by atoms with van der Waals surface area (Å²) in [7, 11) is 0. The highest BCUT2D eigenvalue weighted by Crippen LogP contribution is 2.17. The summed E-state index contributed by atoms with van der Waals surface area (Å²) in [6, 6.07) is 0. The molecule has 0 aromatic heterocycles. The minimum absolute atomic E-state index is 0.0686. The molecule has 0 amide bonds. The van der Waals surface area contributed by atoms with Gasteiger partial charge in [0.1, 0.15) is 13.2 Å². The molecule has 0 N–H and O–H groups in total. The Bertz CT molecular complexity index is 1190. The van der Waals surface area contributed by atoms with Crippen molar-refractivity contribution in [2.45, 2.75) is 348 Å². The molecule has 0 spiro atoms. The van der Waals surface area contributed by atoms with Crippen LogP contribution in [0.2, 0.25) is 0 Å². The highest BCUT2D eigenvalue weighted by molar-refractivity contribution is 5.71. The highest BCUT2D eigenvalue weighted by atomic mass is 16.6. The van der Waals surface area contributed by atoms with E-state index < -0.39 is 6.10 Å². The Morgan fingerprint density at radius 2 is 0.507 bits per heavy atom. The third kappa shape index (κ3) is 58.4. The highest BCUT2D eigenvalue weighted by Gasteiger charge is 2.19. The molecule has 6 nitrogen and oxygen atoms in total. The molecule has 1 atom stereocenters. The average Bonchev–Trinajstić information content (AvgIpc) is 3.37. The lowest BCUT2D eigenvalue weighted by molar-refractivity contribution is -0.167. The van der Waals surface area contributed by atoms with E-state index in [1.54, 1.807) is 0 Å². The van der Waals surface area contributed by atoms with Gasteiger partial charge in [-0.3, -0.25) is 14.4 Å². The molecule has 416 valence electrons. The van der Waals surface area contributed by atoms with E-state index >= 15 is 0 Å². The molecule has 0 aromatic carbocycles. The van der Waals surface area contributed by atoms with Crippen molar-refractivity contribution in [1.29, 1.82) is 0 Å². The lowest BCUT2D eigenvalue weighted by Crippen LogP contribution is -2.30. The van der Waals surface area contributed by atoms with Gasteiger partial charge in [0.2, 0.25) is 0 Å². The van der Waals surface area contributed by atoms with Crippen LogP contribution in [-0.4, -0.2) is 37.2 Å². The summed E-state index contributed by atoms with van der Waals surface area (Å²) in [4.78, 5) is 38.0. The van der Waals surface area contributed by atoms with Crippen molar-refractivity contribution in [1.82, 2.24) is 0 Å². The van der Waals surface area contributed by atoms with Gasteiger partial charge in [-0.05, 0) is 57.8 Å². The largest absolute Gasteiger partial charge is 0.462 e. The van der Waals surface area contributed by atoms with Gasteiger partial charge >= 0.3 is 17.9 Å². The Kier molecular flexibility index (Phi) is 58.2. The van der Waals surface area contributed by atoms with Gasteiger partial charge < -0.3 is 14.2 Å². The topological polar surface area (TPSA) is 78.9 Å². The first-order valence-corrected chi connectivity index (χ1v) is 31.5. The molecule has 0 radical (unpaired) electrons. The van der Waals surface area contributed by atoms with E-state index in [2.05, 4.69) is 57.2 Å². The predicted octanol–water partition coefficient (Wildman–Crippen LogP) is 21.2. The van der Waals surface area contributed by atoms with Crippen LogP contribution in [0.3, 0.4) is 0 Å². The SMILES string of the molecule is CCCCCCC/C=C\C/C=C\C/C=C\CCCCCCCCCCCCCCC(=O)OCC(COC(=O)CCCCCCCC)OC(=O)CCCCCCCCCCCCCCCCCCCCCC. The van der Waals surface area contributed by atoms with Crippen LogP contribution < -0.4 is 0 Å². The Balaban J connectivity index is 4.05. The van der Waals surface area contributed by atoms with Gasteiger partial charge in [-0.1, -0.05) is 301 Å². The van der Waals surface area contributed by atoms with Crippen LogP contribution in [0.25, 0.3) is 0 Å². The van der Waals surface area contributed by atoms with Gasteiger partial charge in [-0.25, -0.2) is 0 Å². The Hall–Kier alpha value is -2.37. The molecule has 0 rings (SSSR count). The average molecular weight is 998 g/mol. The smallest absolute Gasteiger partial charge is 0.306 e. The van der Waals surface area contributed by atoms with E-state index in [-0.39, 0.29) is 31.1 Å². The number of unbranched alkanes of at least 4 members (excludes halogenated alkanes) is 41. The van der Waals surface area contributed by atoms with Gasteiger partial charge in [0.25, 0.3) is 0 Å². The second-order valence-corrected chi connectivity index (χ2v) is 21.3. The van der Waals surface area contributed by atoms with Crippen LogP contribution in [0.15, 0.2) is 36.5 Å². The van der Waals surface area contributed by atoms with Gasteiger partial charge in [-0.2, -0.15) is 0 Å². The fourth-order valence-electron chi connectivity index (χ4n) is 9.39. The molecule has 0 saturated carbocycles. The van der Waals surface area contributed by atoms with E-state index in [4.69, 9.17) is 14.2 Å². The van der Waals surface area contributed by atoms with E-state index in [0.717, 1.165) is 70.6 Å². The Morgan fingerprint density at radius 3 is 0.789 bits per heavy atom. The molecule has 0 bridgehead atoms. The lowest BCUT2D eigenvalue weighted by Gasteiger charge is -2.18. The molecule has 0 aliphatic carbocycles. The van der Waals surface area contributed by atoms with E-state index in [1.165, 1.54) is 231 Å². The molecule has 0 aromatic rings. The summed E-state index contributed by atoms with van der Waals surface area (Å²) in [5.41, 5.74) is 0. The first-order chi connectivity index (χ1) is 35.0. The van der Waals surface area contributed by atoms with Gasteiger partial charge in [-0.15, -0.1) is 0 Å². The molecule has 0 heterocycles. The minimum Gasteiger partial charge on any atom is -0.462 e. The number of hydrogen-bond acceptors (Lipinski definition) is 6. The summed E-state index contributed by atoms with van der Waals surface area (Å²) in [5, 5.41) is 0. The maximum atomic E-state index is 12.8. The zero-order valence-corrected chi connectivity index (χ0v) is 47.8. The van der Waals surface area contributed by atoms with E-state index in [1.807, 2.05) is 0 Å². The predicted molar refractivity (Wildman–Crippen MR) is 307 cm³/mol. The fraction of sp³-hybridized carbons (Fsp3) is 0.862. The number of carbonyl (C=O) groups is 3. The van der Waals surface area contributed by atoms with E-state index in [0.29, 0.717) is 19.3 Å². The summed E-state index contributed by atoms with van der Waals surface area (Å²) in [5.74, 6) is -0.859. The van der Waals surface area contributed by atoms with Gasteiger partial charge in [0, 0.05) is 19.3 Å². The standard InChI is InChI=1S/C65H120O6/c1-4-7-10-13-16-18-20-22-24-26-28-30-31-32-33-34-35-36-38-39-41-43-45-47-49-52-55-58-64(67)70-61-62(60-69-63(66)57-54-51-15-12-9-6-3)71-65(68)59-56-53-50-48-46-44-42-40-37-29-27-25-23-21-19-17-14-11-8-5-2/h20,22,26,28,31-32,62H,4-19,21,23-25,27,29-30,33-61H2,1-3H3/b22-20-,28-26-,32-31-. The van der Waals surface area contributed by atoms with Gasteiger partial charge in [0.05, 0.1) is 0 Å². The van der Waals surface area contributed by atoms with Crippen molar-refractivity contribution >= 4 is 17.9 Å². The molecule has 0 saturated heterocycles. The number of carbonyl (C=O) groups excluding carboxylic acids is 3. The number of esters is 3. The van der Waals surface area contributed by atoms with Crippen molar-refractivity contribution in [2.75, 3.05) is 13.2 Å². The number of allylic oxidation sites excluding steroid dienone is 6. The summed E-state index contributed by atoms with van der Waals surface area (Å²) < 4.78 is 16.8. The maximum Gasteiger partial charge on any atom is 0.306 e. The van der Waals surface area contributed by atoms with Crippen LogP contribution >= 0.6 is 0 Å². The molecular formula is C65H120O6. The molecule has 71 heavy (non-hydrogen) atoms. The van der Waals surface area contributed by atoms with Gasteiger partial charge in [0.15, 0.2) is 6.10 Å². The monoisotopic (exact) mass is 997 g/mol. The second-order valence-electron chi connectivity index (χ2n) is 21.3. The molecule has 6 heteroatoms. The zero-order valence-electron chi connectivity index (χ0n) is 47.8. The fourth-order valence-corrected chi connectivity index (χ4v) is 9.39. The third-order valence-corrected chi connectivity index (χ3v) is 14.1. The molecule has 0 fully saturated rings. The van der Waals surface area contributed by atoms with Crippen molar-refractivity contribution in [3.63, 3.8) is 0 Å². The number of hydrogen-bond donors (Lipinski definition) is 0. The summed E-state index contributed by atoms with van der Waals surface area (Å²) in [6.45, 7) is 6.62. The number of ether oxygens (including phenoxy) is 3. The molecule has 0 aliphatic rings. The molecular weight excluding hydrogens is 877 g/mol. The molecule has 0 aliphatic heterocycles. The van der Waals surface area contributed by atoms with Crippen LogP contribution in [0.5, 0.6) is 0 Å². The maximum absolute atomic E-state index is 12.8. The van der Waals surface area contributed by atoms with Crippen molar-refractivity contribution in [3.05, 3.63) is 36.5 Å². The quantitative estimate of drug-likeness (QED) is 0.0261. The van der Waals surface area contributed by atoms with Crippen molar-refractivity contribution in [3.8, 4) is 0 Å². The van der Waals surface area contributed by atoms with Crippen LogP contribution in [-0.2, 0) is 28.6 Å². The Morgan fingerprint density at radius 1 is 0.282 bits per heavy atom. The Labute approximate surface area is 442 Å². The van der Waals surface area contributed by atoms with E-state index in [9.17, 15) is 14.4 Å². The first-order valence-electron chi connectivity index (χ1n) is 31.5. The summed E-state index contributed by atoms with van der Waals surface area (Å²) >= 11 is 0. The minimum atomic E-state index is -0.766. The molecule has 1 unspecified atom stereocenters. The van der Waals surface area contributed by atoms with Crippen LogP contribution in [0.1, 0.15) is 342 Å². The second kappa shape index (κ2) is 60.2. The zero-order chi connectivity index (χ0) is 51.4. The number of rotatable bonds is 58. The third-order valence-electron chi connectivity index (χ3n) is 14.1.